The molecule has 1 saturated heterocycles. The summed E-state index contributed by atoms with van der Waals surface area (Å²) in [6.45, 7) is 1.58. The van der Waals surface area contributed by atoms with Crippen molar-refractivity contribution in [3.63, 3.8) is 0 Å². The van der Waals surface area contributed by atoms with Crippen molar-refractivity contribution in [1.82, 2.24) is 9.47 Å². The Morgan fingerprint density at radius 2 is 1.92 bits per heavy atom. The quantitative estimate of drug-likeness (QED) is 0.848. The zero-order chi connectivity index (χ0) is 17.3. The van der Waals surface area contributed by atoms with Crippen molar-refractivity contribution in [3.8, 4) is 0 Å². The molecular formula is C17H19FN2O4. The Labute approximate surface area is 138 Å². The van der Waals surface area contributed by atoms with Crippen LogP contribution in [0.15, 0.2) is 24.4 Å². The van der Waals surface area contributed by atoms with Crippen LogP contribution in [-0.4, -0.2) is 44.7 Å². The molecule has 128 valence electrons. The largest absolute Gasteiger partial charge is 0.481 e. The molecule has 6 nitrogen and oxygen atoms in total. The number of aliphatic carboxylic acids is 2. The molecular weight excluding hydrogens is 315 g/mol. The lowest BCUT2D eigenvalue weighted by Gasteiger charge is -2.23. The van der Waals surface area contributed by atoms with Crippen LogP contribution in [0.3, 0.4) is 0 Å². The molecule has 24 heavy (non-hydrogen) atoms. The molecule has 0 aliphatic carbocycles. The van der Waals surface area contributed by atoms with E-state index >= 15 is 0 Å². The standard InChI is InChI=1S/C17H19FN2O4/c18-11-3-4-12-13(16(17(23)24)19-6-1-2-7-19)10-20(14(12)9-11)8-5-15(21)22/h3-4,9-10,16H,1-2,5-8H2,(H,21,22)(H,23,24)/t16-/m0/s1. The second-order valence-electron chi connectivity index (χ2n) is 6.07. The lowest BCUT2D eigenvalue weighted by Crippen LogP contribution is -2.31. The van der Waals surface area contributed by atoms with Crippen LogP contribution < -0.4 is 0 Å². The average molecular weight is 334 g/mol. The Balaban J connectivity index is 2.08. The maximum absolute atomic E-state index is 13.6. The normalized spacial score (nSPS) is 16.5. The van der Waals surface area contributed by atoms with Gasteiger partial charge in [-0.25, -0.2) is 4.39 Å². The van der Waals surface area contributed by atoms with Crippen LogP contribution in [0.5, 0.6) is 0 Å². The maximum atomic E-state index is 13.6. The second-order valence-corrected chi connectivity index (χ2v) is 6.07. The van der Waals surface area contributed by atoms with Crippen molar-refractivity contribution in [3.05, 3.63) is 35.8 Å². The molecule has 1 fully saturated rings. The fourth-order valence-corrected chi connectivity index (χ4v) is 3.40. The van der Waals surface area contributed by atoms with Crippen LogP contribution in [0.1, 0.15) is 30.9 Å². The van der Waals surface area contributed by atoms with Crippen LogP contribution in [0.25, 0.3) is 10.9 Å². The first-order valence-electron chi connectivity index (χ1n) is 7.94. The summed E-state index contributed by atoms with van der Waals surface area (Å²) in [6.07, 6.45) is 3.46. The van der Waals surface area contributed by atoms with Crippen LogP contribution in [-0.2, 0) is 16.1 Å². The van der Waals surface area contributed by atoms with E-state index in [1.165, 1.54) is 12.1 Å². The zero-order valence-corrected chi connectivity index (χ0v) is 13.1. The highest BCUT2D eigenvalue weighted by Gasteiger charge is 2.32. The summed E-state index contributed by atoms with van der Waals surface area (Å²) in [4.78, 5) is 24.6. The first-order valence-corrected chi connectivity index (χ1v) is 7.94. The molecule has 3 rings (SSSR count). The topological polar surface area (TPSA) is 82.8 Å². The highest BCUT2D eigenvalue weighted by Crippen LogP contribution is 2.33. The molecule has 1 aromatic carbocycles. The summed E-state index contributed by atoms with van der Waals surface area (Å²) in [5.41, 5.74) is 1.11. The Morgan fingerprint density at radius 1 is 1.21 bits per heavy atom. The summed E-state index contributed by atoms with van der Waals surface area (Å²) in [5.74, 6) is -2.33. The van der Waals surface area contributed by atoms with E-state index in [0.29, 0.717) is 29.6 Å². The number of aryl methyl sites for hydroxylation is 1. The molecule has 2 aromatic rings. The average Bonchev–Trinajstić information content (AvgIpc) is 3.14. The molecule has 1 aliphatic rings. The fourth-order valence-electron chi connectivity index (χ4n) is 3.40. The maximum Gasteiger partial charge on any atom is 0.325 e. The molecule has 0 amide bonds. The van der Waals surface area contributed by atoms with Gasteiger partial charge in [0.2, 0.25) is 0 Å². The van der Waals surface area contributed by atoms with E-state index in [4.69, 9.17) is 5.11 Å². The van der Waals surface area contributed by atoms with Crippen molar-refractivity contribution in [2.24, 2.45) is 0 Å². The molecule has 1 aromatic heterocycles. The summed E-state index contributed by atoms with van der Waals surface area (Å²) < 4.78 is 15.3. The lowest BCUT2D eigenvalue weighted by molar-refractivity contribution is -0.143. The van der Waals surface area contributed by atoms with Crippen LogP contribution in [0.2, 0.25) is 0 Å². The molecule has 1 aliphatic heterocycles. The van der Waals surface area contributed by atoms with E-state index in [-0.39, 0.29) is 13.0 Å². The van der Waals surface area contributed by atoms with Crippen molar-refractivity contribution < 1.29 is 24.2 Å². The number of carbonyl (C=O) groups is 2. The van der Waals surface area contributed by atoms with Crippen LogP contribution >= 0.6 is 0 Å². The smallest absolute Gasteiger partial charge is 0.325 e. The number of hydrogen-bond acceptors (Lipinski definition) is 3. The molecule has 0 radical (unpaired) electrons. The van der Waals surface area contributed by atoms with Crippen molar-refractivity contribution >= 4 is 22.8 Å². The van der Waals surface area contributed by atoms with E-state index in [1.807, 2.05) is 4.90 Å². The van der Waals surface area contributed by atoms with Crippen LogP contribution in [0.4, 0.5) is 4.39 Å². The van der Waals surface area contributed by atoms with Gasteiger partial charge in [-0.15, -0.1) is 0 Å². The molecule has 0 unspecified atom stereocenters. The Morgan fingerprint density at radius 3 is 2.54 bits per heavy atom. The predicted molar refractivity (Wildman–Crippen MR) is 85.3 cm³/mol. The van der Waals surface area contributed by atoms with Gasteiger partial charge in [0.15, 0.2) is 0 Å². The third-order valence-electron chi connectivity index (χ3n) is 4.48. The molecule has 7 heteroatoms. The van der Waals surface area contributed by atoms with E-state index in [1.54, 1.807) is 16.8 Å². The summed E-state index contributed by atoms with van der Waals surface area (Å²) in [7, 11) is 0. The molecule has 1 atom stereocenters. The van der Waals surface area contributed by atoms with E-state index < -0.39 is 23.8 Å². The number of aromatic nitrogens is 1. The zero-order valence-electron chi connectivity index (χ0n) is 13.1. The number of benzene rings is 1. The van der Waals surface area contributed by atoms with Gasteiger partial charge < -0.3 is 14.8 Å². The second kappa shape index (κ2) is 6.60. The van der Waals surface area contributed by atoms with Gasteiger partial charge in [0.25, 0.3) is 0 Å². The first-order chi connectivity index (χ1) is 11.5. The lowest BCUT2D eigenvalue weighted by atomic mass is 10.0. The summed E-state index contributed by atoms with van der Waals surface area (Å²) in [6, 6.07) is 3.40. The monoisotopic (exact) mass is 334 g/mol. The molecule has 2 N–H and O–H groups in total. The van der Waals surface area contributed by atoms with Crippen LogP contribution in [0, 0.1) is 5.82 Å². The minimum absolute atomic E-state index is 0.110. The number of hydrogen-bond donors (Lipinski definition) is 2. The van der Waals surface area contributed by atoms with Crippen molar-refractivity contribution in [1.29, 1.82) is 0 Å². The first kappa shape index (κ1) is 16.4. The predicted octanol–water partition coefficient (Wildman–Crippen LogP) is 2.48. The van der Waals surface area contributed by atoms with E-state index in [0.717, 1.165) is 12.8 Å². The molecule has 0 bridgehead atoms. The third-order valence-corrected chi connectivity index (χ3v) is 4.48. The van der Waals surface area contributed by atoms with Crippen molar-refractivity contribution in [2.75, 3.05) is 13.1 Å². The number of fused-ring (bicyclic) bond motifs is 1. The van der Waals surface area contributed by atoms with Gasteiger partial charge in [-0.3, -0.25) is 14.5 Å². The SMILES string of the molecule is O=C(O)CCn1cc([C@@H](C(=O)O)N2CCCC2)c2ccc(F)cc21. The number of likely N-dealkylation sites (tertiary alicyclic amines) is 1. The fraction of sp³-hybridized carbons (Fsp3) is 0.412. The van der Waals surface area contributed by atoms with Crippen molar-refractivity contribution in [2.45, 2.75) is 31.8 Å². The number of rotatable bonds is 6. The van der Waals surface area contributed by atoms with Gasteiger partial charge in [-0.05, 0) is 44.1 Å². The summed E-state index contributed by atoms with van der Waals surface area (Å²) >= 11 is 0. The molecule has 0 spiro atoms. The van der Waals surface area contributed by atoms with Gasteiger partial charge in [0.05, 0.1) is 11.9 Å². The molecule has 0 saturated carbocycles. The van der Waals surface area contributed by atoms with Gasteiger partial charge in [0.1, 0.15) is 11.9 Å². The van der Waals surface area contributed by atoms with Gasteiger partial charge in [0, 0.05) is 23.7 Å². The molecule has 2 heterocycles. The van der Waals surface area contributed by atoms with E-state index in [9.17, 15) is 19.1 Å². The summed E-state index contributed by atoms with van der Waals surface area (Å²) in [5, 5.41) is 19.3. The third kappa shape index (κ3) is 3.12. The number of halogens is 1. The highest BCUT2D eigenvalue weighted by atomic mass is 19.1. The number of carboxylic acids is 2. The van der Waals surface area contributed by atoms with E-state index in [2.05, 4.69) is 0 Å². The number of carboxylic acid groups (broad SMARTS) is 2. The Hall–Kier alpha value is -2.41. The van der Waals surface area contributed by atoms with Gasteiger partial charge in [-0.2, -0.15) is 0 Å². The highest BCUT2D eigenvalue weighted by molar-refractivity contribution is 5.90. The minimum atomic E-state index is -0.955. The Bertz CT molecular complexity index is 780. The Kier molecular flexibility index (Phi) is 4.53. The van der Waals surface area contributed by atoms with Gasteiger partial charge in [-0.1, -0.05) is 0 Å². The van der Waals surface area contributed by atoms with Gasteiger partial charge >= 0.3 is 11.9 Å². The number of nitrogens with zero attached hydrogens (tertiary/aromatic N) is 2. The minimum Gasteiger partial charge on any atom is -0.481 e.